The number of β-lactam (4-membered cyclic amide) rings is 1. The fraction of sp³-hybridized carbons (Fsp3) is 0.444. The number of aliphatic carboxylic acids is 1. The van der Waals surface area contributed by atoms with E-state index in [-0.39, 0.29) is 40.6 Å². The highest BCUT2D eigenvalue weighted by Gasteiger charge is 2.54. The van der Waals surface area contributed by atoms with Crippen LogP contribution in [0.2, 0.25) is 0 Å². The van der Waals surface area contributed by atoms with Crippen molar-refractivity contribution in [1.29, 1.82) is 0 Å². The summed E-state index contributed by atoms with van der Waals surface area (Å²) in [6.07, 6.45) is 4.83. The highest BCUT2D eigenvalue weighted by atomic mass is 32.2. The van der Waals surface area contributed by atoms with E-state index >= 15 is 0 Å². The van der Waals surface area contributed by atoms with Gasteiger partial charge < -0.3 is 30.6 Å². The number of carboxylic acid groups (broad SMARTS) is 1. The topological polar surface area (TPSA) is 214 Å². The van der Waals surface area contributed by atoms with E-state index in [1.54, 1.807) is 20.8 Å². The molecule has 3 atom stereocenters. The van der Waals surface area contributed by atoms with Crippen LogP contribution in [0.5, 0.6) is 0 Å². The molecule has 2 aromatic heterocycles. The van der Waals surface area contributed by atoms with Gasteiger partial charge in [-0.15, -0.1) is 33.3 Å². The minimum Gasteiger partial charge on any atom is -0.477 e. The number of fused-ring (bicyclic) bond motifs is 1. The van der Waals surface area contributed by atoms with Crippen molar-refractivity contribution in [2.75, 3.05) is 16.8 Å². The summed E-state index contributed by atoms with van der Waals surface area (Å²) >= 11 is 4.92. The van der Waals surface area contributed by atoms with Crippen molar-refractivity contribution in [2.45, 2.75) is 67.6 Å². The maximum Gasteiger partial charge on any atom is 0.408 e. The molecule has 0 saturated carbocycles. The number of thiazole rings is 1. The predicted octanol–water partition coefficient (Wildman–Crippen LogP) is 2.56. The molecule has 0 spiro atoms. The summed E-state index contributed by atoms with van der Waals surface area (Å²) in [5, 5.41) is 31.6. The van der Waals surface area contributed by atoms with Crippen LogP contribution in [-0.4, -0.2) is 95.8 Å². The Morgan fingerprint density at radius 2 is 2.09 bits per heavy atom. The SMILES string of the molecule is CC(C)(C)OC(=O)NCc1nnc(SCC2=C(C(=O)O)N3C(=O)C(NC(=O)C(=NOC4C=CCC4)c4csc(NC=O)n4)[C@@H]3SC2)s1. The van der Waals surface area contributed by atoms with E-state index in [0.717, 1.165) is 17.8 Å². The fourth-order valence-electron chi connectivity index (χ4n) is 4.50. The molecule has 4 heterocycles. The second-order valence-electron chi connectivity index (χ2n) is 11.1. The van der Waals surface area contributed by atoms with Crippen molar-refractivity contribution < 1.29 is 38.7 Å². The molecule has 20 heteroatoms. The summed E-state index contributed by atoms with van der Waals surface area (Å²) in [7, 11) is 0. The van der Waals surface area contributed by atoms with Crippen LogP contribution in [0.25, 0.3) is 0 Å². The van der Waals surface area contributed by atoms with Gasteiger partial charge in [0.15, 0.2) is 15.2 Å². The Balaban J connectivity index is 1.22. The molecule has 0 bridgehead atoms. The van der Waals surface area contributed by atoms with E-state index in [9.17, 15) is 29.1 Å². The first kappa shape index (κ1) is 34.3. The van der Waals surface area contributed by atoms with Gasteiger partial charge in [-0.2, -0.15) is 0 Å². The number of carboxylic acids is 1. The van der Waals surface area contributed by atoms with Gasteiger partial charge in [0, 0.05) is 16.9 Å². The van der Waals surface area contributed by atoms with Crippen molar-refractivity contribution in [2.24, 2.45) is 5.16 Å². The van der Waals surface area contributed by atoms with E-state index in [0.29, 0.717) is 33.5 Å². The largest absolute Gasteiger partial charge is 0.477 e. The van der Waals surface area contributed by atoms with E-state index in [1.807, 2.05) is 12.2 Å². The highest BCUT2D eigenvalue weighted by Crippen LogP contribution is 2.42. The van der Waals surface area contributed by atoms with E-state index in [2.05, 4.69) is 36.3 Å². The smallest absolute Gasteiger partial charge is 0.408 e. The number of anilines is 1. The molecule has 3 aliphatic rings. The molecule has 0 aromatic carbocycles. The average Bonchev–Trinajstić information content (AvgIpc) is 3.80. The van der Waals surface area contributed by atoms with Crippen LogP contribution in [0.4, 0.5) is 9.93 Å². The van der Waals surface area contributed by atoms with Crippen molar-refractivity contribution >= 4 is 87.3 Å². The van der Waals surface area contributed by atoms with Crippen LogP contribution >= 0.6 is 46.2 Å². The summed E-state index contributed by atoms with van der Waals surface area (Å²) in [4.78, 5) is 72.7. The van der Waals surface area contributed by atoms with Gasteiger partial charge in [-0.3, -0.25) is 19.3 Å². The van der Waals surface area contributed by atoms with Gasteiger partial charge >= 0.3 is 12.1 Å². The molecular weight excluding hydrogens is 693 g/mol. The van der Waals surface area contributed by atoms with Gasteiger partial charge in [-0.1, -0.05) is 34.3 Å². The molecule has 16 nitrogen and oxygen atoms in total. The van der Waals surface area contributed by atoms with Crippen LogP contribution in [0.15, 0.2) is 38.3 Å². The van der Waals surface area contributed by atoms with Crippen molar-refractivity contribution in [3.05, 3.63) is 39.5 Å². The van der Waals surface area contributed by atoms with Gasteiger partial charge in [0.05, 0.1) is 6.54 Å². The third-order valence-electron chi connectivity index (χ3n) is 6.53. The summed E-state index contributed by atoms with van der Waals surface area (Å²) in [5.41, 5.74) is -0.296. The van der Waals surface area contributed by atoms with Gasteiger partial charge in [-0.25, -0.2) is 14.6 Å². The third-order valence-corrected chi connectivity index (χ3v) is 10.8. The standard InChI is InChI=1S/C27H30N8O8S4/c1-27(2,3)42-25(41)28-8-16-32-33-26(47-16)46-10-13-9-44-22-18(21(38)35(22)19(13)23(39)40)31-20(37)17(34-43-14-6-4-5-7-14)15-11-45-24(30-15)29-12-36/h4,6,11-12,14,18,22H,5,7-10H2,1-3H3,(H,28,41)(H,31,37)(H,39,40)(H,29,30,36)/t14?,18?,22-/m0/s1. The van der Waals surface area contributed by atoms with Crippen LogP contribution in [-0.2, 0) is 35.3 Å². The summed E-state index contributed by atoms with van der Waals surface area (Å²) in [6.45, 7) is 5.40. The Bertz CT molecular complexity index is 1650. The average molecular weight is 723 g/mol. The molecule has 4 amide bonds. The number of hydrogen-bond donors (Lipinski definition) is 4. The molecule has 1 fully saturated rings. The number of nitrogens with zero attached hydrogens (tertiary/aromatic N) is 5. The molecule has 5 rings (SSSR count). The Labute approximate surface area is 284 Å². The molecule has 1 aliphatic carbocycles. The first-order valence-corrected chi connectivity index (χ1v) is 17.9. The number of thioether (sulfide) groups is 2. The number of nitrogens with one attached hydrogen (secondary N) is 3. The lowest BCUT2D eigenvalue weighted by atomic mass is 10.0. The van der Waals surface area contributed by atoms with Crippen LogP contribution in [0.3, 0.4) is 0 Å². The lowest BCUT2D eigenvalue weighted by Gasteiger charge is -2.49. The van der Waals surface area contributed by atoms with Crippen molar-refractivity contribution in [3.8, 4) is 0 Å². The number of amides is 4. The van der Waals surface area contributed by atoms with Gasteiger partial charge in [-0.05, 0) is 45.3 Å². The summed E-state index contributed by atoms with van der Waals surface area (Å²) < 4.78 is 5.77. The highest BCUT2D eigenvalue weighted by molar-refractivity contribution is 8.01. The number of rotatable bonds is 13. The maximum absolute atomic E-state index is 13.4. The first-order valence-electron chi connectivity index (χ1n) is 14.1. The molecule has 0 radical (unpaired) electrons. The Hall–Kier alpha value is -4.01. The molecular formula is C27H30N8O8S4. The summed E-state index contributed by atoms with van der Waals surface area (Å²) in [5.74, 6) is -2.04. The number of hydrogen-bond acceptors (Lipinski definition) is 15. The third kappa shape index (κ3) is 8.48. The lowest BCUT2D eigenvalue weighted by molar-refractivity contribution is -0.150. The zero-order chi connectivity index (χ0) is 33.7. The fourth-order valence-corrected chi connectivity index (χ4v) is 8.47. The first-order chi connectivity index (χ1) is 22.4. The second-order valence-corrected chi connectivity index (χ2v) is 15.4. The zero-order valence-electron chi connectivity index (χ0n) is 25.3. The Morgan fingerprint density at radius 1 is 1.28 bits per heavy atom. The second kappa shape index (κ2) is 14.8. The maximum atomic E-state index is 13.4. The van der Waals surface area contributed by atoms with Crippen molar-refractivity contribution in [1.82, 2.24) is 30.7 Å². The molecule has 2 unspecified atom stereocenters. The molecule has 1 saturated heterocycles. The van der Waals surface area contributed by atoms with E-state index < -0.39 is 40.9 Å². The molecule has 2 aliphatic heterocycles. The minimum absolute atomic E-state index is 0.124. The lowest BCUT2D eigenvalue weighted by Crippen LogP contribution is -2.71. The normalized spacial score (nSPS) is 20.7. The number of aromatic nitrogens is 3. The number of carbonyl (C=O) groups excluding carboxylic acids is 4. The quantitative estimate of drug-likeness (QED) is 0.0585. The molecule has 47 heavy (non-hydrogen) atoms. The van der Waals surface area contributed by atoms with Crippen LogP contribution in [0, 0.1) is 0 Å². The van der Waals surface area contributed by atoms with E-state index in [1.165, 1.54) is 45.1 Å². The van der Waals surface area contributed by atoms with Crippen LogP contribution < -0.4 is 16.0 Å². The van der Waals surface area contributed by atoms with Gasteiger partial charge in [0.2, 0.25) is 6.41 Å². The van der Waals surface area contributed by atoms with Gasteiger partial charge in [0.25, 0.3) is 11.8 Å². The number of alkyl carbamates (subject to hydrolysis) is 1. The number of carbonyl (C=O) groups is 5. The number of allylic oxidation sites excluding steroid dienone is 1. The molecule has 2 aromatic rings. The molecule has 250 valence electrons. The predicted molar refractivity (Wildman–Crippen MR) is 175 cm³/mol. The van der Waals surface area contributed by atoms with E-state index in [4.69, 9.17) is 9.57 Å². The zero-order valence-corrected chi connectivity index (χ0v) is 28.5. The molecule has 4 N–H and O–H groups in total. The van der Waals surface area contributed by atoms with Gasteiger partial charge in [0.1, 0.15) is 39.5 Å². The van der Waals surface area contributed by atoms with Crippen molar-refractivity contribution in [3.63, 3.8) is 0 Å². The number of oxime groups is 1. The number of ether oxygens (including phenoxy) is 1. The van der Waals surface area contributed by atoms with Crippen LogP contribution in [0.1, 0.15) is 44.3 Å². The Morgan fingerprint density at radius 3 is 2.79 bits per heavy atom. The summed E-state index contributed by atoms with van der Waals surface area (Å²) in [6, 6.07) is -1.01. The Kier molecular flexibility index (Phi) is 10.8. The minimum atomic E-state index is -1.26. The monoisotopic (exact) mass is 722 g/mol.